The first kappa shape index (κ1) is 16.9. The van der Waals surface area contributed by atoms with Crippen LogP contribution in [0.25, 0.3) is 0 Å². The quantitative estimate of drug-likeness (QED) is 0.839. The van der Waals surface area contributed by atoms with E-state index in [1.165, 1.54) is 6.07 Å². The molecule has 0 aromatic heterocycles. The molecule has 1 aromatic carbocycles. The third kappa shape index (κ3) is 5.11. The number of rotatable bonds is 7. The Hall–Kier alpha value is -1.11. The SMILES string of the molecule is CCN(CCOC)CC(N)c1cccc(C(F)(F)F)c1. The van der Waals surface area contributed by atoms with Crippen LogP contribution in [0, 0.1) is 0 Å². The molecule has 3 nitrogen and oxygen atoms in total. The Balaban J connectivity index is 2.73. The number of hydrogen-bond acceptors (Lipinski definition) is 3. The van der Waals surface area contributed by atoms with E-state index >= 15 is 0 Å². The Kier molecular flexibility index (Phi) is 6.45. The highest BCUT2D eigenvalue weighted by Gasteiger charge is 2.30. The van der Waals surface area contributed by atoms with Crippen LogP contribution < -0.4 is 5.73 Å². The summed E-state index contributed by atoms with van der Waals surface area (Å²) >= 11 is 0. The summed E-state index contributed by atoms with van der Waals surface area (Å²) in [5.74, 6) is 0. The molecule has 0 fully saturated rings. The highest BCUT2D eigenvalue weighted by molar-refractivity contribution is 5.28. The van der Waals surface area contributed by atoms with Crippen molar-refractivity contribution in [1.82, 2.24) is 4.90 Å². The van der Waals surface area contributed by atoms with Crippen LogP contribution in [-0.2, 0) is 10.9 Å². The zero-order chi connectivity index (χ0) is 15.2. The summed E-state index contributed by atoms with van der Waals surface area (Å²) in [6.07, 6.45) is -4.34. The normalized spacial score (nSPS) is 13.8. The molecule has 2 N–H and O–H groups in total. The highest BCUT2D eigenvalue weighted by atomic mass is 19.4. The van der Waals surface area contributed by atoms with E-state index in [0.29, 0.717) is 25.3 Å². The Morgan fingerprint density at radius 3 is 2.60 bits per heavy atom. The number of likely N-dealkylation sites (N-methyl/N-ethyl adjacent to an activating group) is 1. The van der Waals surface area contributed by atoms with Crippen molar-refractivity contribution in [3.63, 3.8) is 0 Å². The van der Waals surface area contributed by atoms with Crippen molar-refractivity contribution in [2.75, 3.05) is 33.4 Å². The van der Waals surface area contributed by atoms with Gasteiger partial charge in [0.05, 0.1) is 12.2 Å². The first-order chi connectivity index (χ1) is 9.38. The number of methoxy groups -OCH3 is 1. The maximum absolute atomic E-state index is 12.7. The van der Waals surface area contributed by atoms with Crippen molar-refractivity contribution < 1.29 is 17.9 Å². The molecule has 1 rings (SSSR count). The lowest BCUT2D eigenvalue weighted by Crippen LogP contribution is -2.34. The van der Waals surface area contributed by atoms with E-state index in [4.69, 9.17) is 10.5 Å². The van der Waals surface area contributed by atoms with Crippen LogP contribution in [0.1, 0.15) is 24.1 Å². The monoisotopic (exact) mass is 290 g/mol. The van der Waals surface area contributed by atoms with Crippen molar-refractivity contribution in [3.05, 3.63) is 35.4 Å². The van der Waals surface area contributed by atoms with Crippen LogP contribution in [0.5, 0.6) is 0 Å². The van der Waals surface area contributed by atoms with Gasteiger partial charge >= 0.3 is 6.18 Å². The van der Waals surface area contributed by atoms with Gasteiger partial charge in [-0.05, 0) is 24.2 Å². The van der Waals surface area contributed by atoms with Gasteiger partial charge in [0, 0.05) is 26.2 Å². The number of alkyl halides is 3. The van der Waals surface area contributed by atoms with Crippen LogP contribution in [0.4, 0.5) is 13.2 Å². The zero-order valence-electron chi connectivity index (χ0n) is 11.8. The van der Waals surface area contributed by atoms with Crippen molar-refractivity contribution in [2.24, 2.45) is 5.73 Å². The van der Waals surface area contributed by atoms with Gasteiger partial charge in [-0.25, -0.2) is 0 Å². The van der Waals surface area contributed by atoms with E-state index in [2.05, 4.69) is 4.90 Å². The molecule has 0 aliphatic heterocycles. The third-order valence-electron chi connectivity index (χ3n) is 3.16. The maximum Gasteiger partial charge on any atom is 0.416 e. The van der Waals surface area contributed by atoms with Crippen molar-refractivity contribution in [2.45, 2.75) is 19.1 Å². The summed E-state index contributed by atoms with van der Waals surface area (Å²) in [5.41, 5.74) is 5.84. The van der Waals surface area contributed by atoms with Gasteiger partial charge < -0.3 is 10.5 Å². The molecule has 1 atom stereocenters. The van der Waals surface area contributed by atoms with Gasteiger partial charge in [-0.15, -0.1) is 0 Å². The smallest absolute Gasteiger partial charge is 0.383 e. The zero-order valence-corrected chi connectivity index (χ0v) is 11.8. The molecule has 0 spiro atoms. The van der Waals surface area contributed by atoms with E-state index in [0.717, 1.165) is 18.7 Å². The van der Waals surface area contributed by atoms with Gasteiger partial charge in [0.2, 0.25) is 0 Å². The Bertz CT molecular complexity index is 410. The van der Waals surface area contributed by atoms with E-state index in [9.17, 15) is 13.2 Å². The number of halogens is 3. The second-order valence-corrected chi connectivity index (χ2v) is 4.62. The average molecular weight is 290 g/mol. The van der Waals surface area contributed by atoms with Gasteiger partial charge in [0.25, 0.3) is 0 Å². The Morgan fingerprint density at radius 2 is 2.05 bits per heavy atom. The first-order valence-electron chi connectivity index (χ1n) is 6.52. The van der Waals surface area contributed by atoms with Crippen molar-refractivity contribution >= 4 is 0 Å². The molecule has 0 aliphatic carbocycles. The highest BCUT2D eigenvalue weighted by Crippen LogP contribution is 2.30. The molecule has 0 radical (unpaired) electrons. The molecule has 0 aliphatic rings. The predicted molar refractivity (Wildman–Crippen MR) is 72.4 cm³/mol. The van der Waals surface area contributed by atoms with E-state index in [-0.39, 0.29) is 0 Å². The minimum atomic E-state index is -4.34. The summed E-state index contributed by atoms with van der Waals surface area (Å²) in [6, 6.07) is 4.75. The molecule has 6 heteroatoms. The molecule has 1 unspecified atom stereocenters. The van der Waals surface area contributed by atoms with Crippen LogP contribution in [-0.4, -0.2) is 38.3 Å². The molecule has 0 heterocycles. The van der Waals surface area contributed by atoms with E-state index in [1.807, 2.05) is 6.92 Å². The fourth-order valence-corrected chi connectivity index (χ4v) is 1.93. The van der Waals surface area contributed by atoms with Crippen molar-refractivity contribution in [3.8, 4) is 0 Å². The largest absolute Gasteiger partial charge is 0.416 e. The van der Waals surface area contributed by atoms with Crippen molar-refractivity contribution in [1.29, 1.82) is 0 Å². The molecular weight excluding hydrogens is 269 g/mol. The molecular formula is C14H21F3N2O. The topological polar surface area (TPSA) is 38.5 Å². The number of nitrogens with zero attached hydrogens (tertiary/aromatic N) is 1. The molecule has 114 valence electrons. The molecule has 0 saturated heterocycles. The molecule has 1 aromatic rings. The summed E-state index contributed by atoms with van der Waals surface area (Å²) in [7, 11) is 1.61. The second kappa shape index (κ2) is 7.61. The van der Waals surface area contributed by atoms with Crippen LogP contribution in [0.15, 0.2) is 24.3 Å². The average Bonchev–Trinajstić information content (AvgIpc) is 2.42. The minimum Gasteiger partial charge on any atom is -0.383 e. The lowest BCUT2D eigenvalue weighted by Gasteiger charge is -2.24. The first-order valence-corrected chi connectivity index (χ1v) is 6.52. The second-order valence-electron chi connectivity index (χ2n) is 4.62. The number of hydrogen-bond donors (Lipinski definition) is 1. The Labute approximate surface area is 117 Å². The third-order valence-corrected chi connectivity index (χ3v) is 3.16. The van der Waals surface area contributed by atoms with Gasteiger partial charge in [-0.2, -0.15) is 13.2 Å². The molecule has 0 bridgehead atoms. The summed E-state index contributed by atoms with van der Waals surface area (Å²) in [5, 5.41) is 0. The van der Waals surface area contributed by atoms with E-state index in [1.54, 1.807) is 13.2 Å². The summed E-state index contributed by atoms with van der Waals surface area (Å²) < 4.78 is 43.0. The van der Waals surface area contributed by atoms with Crippen LogP contribution in [0.3, 0.4) is 0 Å². The van der Waals surface area contributed by atoms with Crippen LogP contribution >= 0.6 is 0 Å². The fourth-order valence-electron chi connectivity index (χ4n) is 1.93. The van der Waals surface area contributed by atoms with Crippen LogP contribution in [0.2, 0.25) is 0 Å². The number of benzene rings is 1. The number of ether oxygens (including phenoxy) is 1. The lowest BCUT2D eigenvalue weighted by molar-refractivity contribution is -0.137. The minimum absolute atomic E-state index is 0.450. The molecule has 20 heavy (non-hydrogen) atoms. The molecule has 0 saturated carbocycles. The summed E-state index contributed by atoms with van der Waals surface area (Å²) in [6.45, 7) is 4.54. The van der Waals surface area contributed by atoms with Gasteiger partial charge in [-0.3, -0.25) is 4.90 Å². The maximum atomic E-state index is 12.7. The number of nitrogens with two attached hydrogens (primary N) is 1. The van der Waals surface area contributed by atoms with E-state index < -0.39 is 17.8 Å². The van der Waals surface area contributed by atoms with Gasteiger partial charge in [0.1, 0.15) is 0 Å². The summed E-state index contributed by atoms with van der Waals surface area (Å²) in [4.78, 5) is 2.05. The Morgan fingerprint density at radius 1 is 1.35 bits per heavy atom. The lowest BCUT2D eigenvalue weighted by atomic mass is 10.0. The molecule has 0 amide bonds. The van der Waals surface area contributed by atoms with Gasteiger partial charge in [-0.1, -0.05) is 19.1 Å². The fraction of sp³-hybridized carbons (Fsp3) is 0.571. The standard InChI is InChI=1S/C14H21F3N2O/c1-3-19(7-8-20-2)10-13(18)11-5-4-6-12(9-11)14(15,16)17/h4-6,9,13H,3,7-8,10,18H2,1-2H3. The predicted octanol–water partition coefficient (Wildman–Crippen LogP) is 2.67. The van der Waals surface area contributed by atoms with Gasteiger partial charge in [0.15, 0.2) is 0 Å².